The minimum absolute atomic E-state index is 0.115. The average molecular weight is 246 g/mol. The first-order valence-corrected chi connectivity index (χ1v) is 6.93. The Kier molecular flexibility index (Phi) is 4.98. The van der Waals surface area contributed by atoms with Gasteiger partial charge < -0.3 is 9.73 Å². The molecule has 16 heavy (non-hydrogen) atoms. The summed E-state index contributed by atoms with van der Waals surface area (Å²) in [4.78, 5) is 0. The molecule has 1 atom stereocenters. The minimum Gasteiger partial charge on any atom is -0.472 e. The van der Waals surface area contributed by atoms with Crippen molar-refractivity contribution < 1.29 is 12.8 Å². The van der Waals surface area contributed by atoms with Crippen molar-refractivity contribution in [2.75, 3.05) is 18.8 Å². The van der Waals surface area contributed by atoms with Gasteiger partial charge in [-0.05, 0) is 19.9 Å². The lowest BCUT2D eigenvalue weighted by atomic mass is 10.2. The number of hydrogen-bond donors (Lipinski definition) is 2. The predicted octanol–water partition coefficient (Wildman–Crippen LogP) is 0.869. The second-order valence-corrected chi connectivity index (χ2v) is 5.63. The van der Waals surface area contributed by atoms with Crippen LogP contribution in [0.3, 0.4) is 0 Å². The molecule has 1 heterocycles. The lowest BCUT2D eigenvalue weighted by Gasteiger charge is -2.12. The van der Waals surface area contributed by atoms with E-state index in [2.05, 4.69) is 10.0 Å². The standard InChI is InChI=1S/C10H18N2O3S/c1-3-16(13,14)12-6-5-11-9(2)10-4-7-15-8-10/h4,7-9,11-12H,3,5-6H2,1-2H3. The van der Waals surface area contributed by atoms with Crippen molar-refractivity contribution >= 4 is 10.0 Å². The Morgan fingerprint density at radius 3 is 2.75 bits per heavy atom. The van der Waals surface area contributed by atoms with E-state index in [0.717, 1.165) is 5.56 Å². The fourth-order valence-electron chi connectivity index (χ4n) is 1.24. The first-order valence-electron chi connectivity index (χ1n) is 5.28. The molecule has 0 aliphatic rings. The van der Waals surface area contributed by atoms with Crippen LogP contribution in [0.5, 0.6) is 0 Å². The fourth-order valence-corrected chi connectivity index (χ4v) is 1.85. The van der Waals surface area contributed by atoms with E-state index in [-0.39, 0.29) is 11.8 Å². The molecule has 0 bridgehead atoms. The van der Waals surface area contributed by atoms with Crippen molar-refractivity contribution in [3.63, 3.8) is 0 Å². The Labute approximate surface area is 96.3 Å². The molecule has 6 heteroatoms. The molecule has 5 nitrogen and oxygen atoms in total. The molecule has 1 aromatic rings. The lowest BCUT2D eigenvalue weighted by molar-refractivity contribution is 0.534. The highest BCUT2D eigenvalue weighted by Gasteiger charge is 2.07. The van der Waals surface area contributed by atoms with Crippen LogP contribution < -0.4 is 10.0 Å². The van der Waals surface area contributed by atoms with E-state index >= 15 is 0 Å². The van der Waals surface area contributed by atoms with E-state index in [0.29, 0.717) is 13.1 Å². The van der Waals surface area contributed by atoms with Gasteiger partial charge in [-0.2, -0.15) is 0 Å². The molecule has 1 rings (SSSR count). The predicted molar refractivity (Wildman–Crippen MR) is 62.6 cm³/mol. The highest BCUT2D eigenvalue weighted by Crippen LogP contribution is 2.11. The zero-order chi connectivity index (χ0) is 12.0. The molecule has 0 saturated carbocycles. The third-order valence-corrected chi connectivity index (χ3v) is 3.72. The molecule has 0 aliphatic carbocycles. The number of nitrogens with one attached hydrogen (secondary N) is 2. The average Bonchev–Trinajstić information content (AvgIpc) is 2.77. The maximum absolute atomic E-state index is 11.1. The van der Waals surface area contributed by atoms with E-state index in [1.165, 1.54) is 0 Å². The number of rotatable bonds is 7. The van der Waals surface area contributed by atoms with E-state index in [1.807, 2.05) is 13.0 Å². The van der Waals surface area contributed by atoms with Gasteiger partial charge in [0.15, 0.2) is 0 Å². The summed E-state index contributed by atoms with van der Waals surface area (Å²) in [7, 11) is -3.08. The molecule has 0 aliphatic heterocycles. The Balaban J connectivity index is 2.22. The van der Waals surface area contributed by atoms with E-state index in [4.69, 9.17) is 4.42 Å². The van der Waals surface area contributed by atoms with Gasteiger partial charge in [-0.25, -0.2) is 13.1 Å². The van der Waals surface area contributed by atoms with Crippen LogP contribution in [0.1, 0.15) is 25.5 Å². The molecule has 1 aromatic heterocycles. The summed E-state index contributed by atoms with van der Waals surface area (Å²) in [5, 5.41) is 3.19. The molecule has 0 spiro atoms. The van der Waals surface area contributed by atoms with Crippen molar-refractivity contribution in [3.8, 4) is 0 Å². The van der Waals surface area contributed by atoms with E-state index in [1.54, 1.807) is 19.5 Å². The molecular weight excluding hydrogens is 228 g/mol. The van der Waals surface area contributed by atoms with Crippen molar-refractivity contribution in [1.82, 2.24) is 10.0 Å². The van der Waals surface area contributed by atoms with Crippen LogP contribution in [0.15, 0.2) is 23.0 Å². The van der Waals surface area contributed by atoms with Crippen LogP contribution in [0.2, 0.25) is 0 Å². The van der Waals surface area contributed by atoms with Gasteiger partial charge in [0.1, 0.15) is 0 Å². The van der Waals surface area contributed by atoms with Crippen molar-refractivity contribution in [2.24, 2.45) is 0 Å². The van der Waals surface area contributed by atoms with Gasteiger partial charge >= 0.3 is 0 Å². The van der Waals surface area contributed by atoms with Gasteiger partial charge in [-0.1, -0.05) is 0 Å². The van der Waals surface area contributed by atoms with Gasteiger partial charge in [-0.3, -0.25) is 0 Å². The maximum Gasteiger partial charge on any atom is 0.211 e. The Morgan fingerprint density at radius 1 is 1.44 bits per heavy atom. The van der Waals surface area contributed by atoms with Crippen LogP contribution in [-0.2, 0) is 10.0 Å². The molecular formula is C10H18N2O3S. The summed E-state index contributed by atoms with van der Waals surface area (Å²) in [6.45, 7) is 4.60. The summed E-state index contributed by atoms with van der Waals surface area (Å²) < 4.78 is 29.7. The number of furan rings is 1. The summed E-state index contributed by atoms with van der Waals surface area (Å²) in [6, 6.07) is 2.04. The van der Waals surface area contributed by atoms with E-state index in [9.17, 15) is 8.42 Å². The monoisotopic (exact) mass is 246 g/mol. The first kappa shape index (κ1) is 13.2. The zero-order valence-corrected chi connectivity index (χ0v) is 10.4. The van der Waals surface area contributed by atoms with Crippen molar-refractivity contribution in [3.05, 3.63) is 24.2 Å². The Hall–Kier alpha value is -0.850. The highest BCUT2D eigenvalue weighted by atomic mass is 32.2. The largest absolute Gasteiger partial charge is 0.472 e. The van der Waals surface area contributed by atoms with Crippen LogP contribution >= 0.6 is 0 Å². The van der Waals surface area contributed by atoms with Gasteiger partial charge in [0, 0.05) is 24.7 Å². The quantitative estimate of drug-likeness (QED) is 0.700. The normalized spacial score (nSPS) is 13.9. The second-order valence-electron chi connectivity index (χ2n) is 3.53. The smallest absolute Gasteiger partial charge is 0.211 e. The highest BCUT2D eigenvalue weighted by molar-refractivity contribution is 7.89. The molecule has 0 aromatic carbocycles. The second kappa shape index (κ2) is 6.03. The SMILES string of the molecule is CCS(=O)(=O)NCCNC(C)c1ccoc1. The number of sulfonamides is 1. The van der Waals surface area contributed by atoms with Crippen LogP contribution in [0.4, 0.5) is 0 Å². The Bertz CT molecular complexity index is 386. The third-order valence-electron chi connectivity index (χ3n) is 2.32. The van der Waals surface area contributed by atoms with Gasteiger partial charge in [0.25, 0.3) is 0 Å². The Morgan fingerprint density at radius 2 is 2.19 bits per heavy atom. The molecule has 0 fully saturated rings. The summed E-state index contributed by atoms with van der Waals surface area (Å²) in [5.41, 5.74) is 1.05. The van der Waals surface area contributed by atoms with Crippen molar-refractivity contribution in [2.45, 2.75) is 19.9 Å². The van der Waals surface area contributed by atoms with E-state index < -0.39 is 10.0 Å². The molecule has 2 N–H and O–H groups in total. The topological polar surface area (TPSA) is 71.3 Å². The van der Waals surface area contributed by atoms with Crippen LogP contribution in [0, 0.1) is 0 Å². The van der Waals surface area contributed by atoms with Crippen molar-refractivity contribution in [1.29, 1.82) is 0 Å². The van der Waals surface area contributed by atoms with Crippen LogP contribution in [0.25, 0.3) is 0 Å². The number of hydrogen-bond acceptors (Lipinski definition) is 4. The molecule has 0 amide bonds. The summed E-state index contributed by atoms with van der Waals surface area (Å²) >= 11 is 0. The summed E-state index contributed by atoms with van der Waals surface area (Å²) in [5.74, 6) is 0.115. The summed E-state index contributed by atoms with van der Waals surface area (Å²) in [6.07, 6.45) is 3.29. The minimum atomic E-state index is -3.08. The zero-order valence-electron chi connectivity index (χ0n) is 9.56. The fraction of sp³-hybridized carbons (Fsp3) is 0.600. The van der Waals surface area contributed by atoms with Crippen LogP contribution in [-0.4, -0.2) is 27.3 Å². The first-order chi connectivity index (χ1) is 7.55. The molecule has 92 valence electrons. The lowest BCUT2D eigenvalue weighted by Crippen LogP contribution is -2.33. The van der Waals surface area contributed by atoms with Gasteiger partial charge in [-0.15, -0.1) is 0 Å². The maximum atomic E-state index is 11.1. The van der Waals surface area contributed by atoms with Gasteiger partial charge in [0.05, 0.1) is 18.3 Å². The molecule has 1 unspecified atom stereocenters. The van der Waals surface area contributed by atoms with Gasteiger partial charge in [0.2, 0.25) is 10.0 Å². The third kappa shape index (κ3) is 4.34. The molecule has 0 radical (unpaired) electrons. The molecule has 0 saturated heterocycles.